The van der Waals surface area contributed by atoms with Crippen LogP contribution in [0.5, 0.6) is 0 Å². The van der Waals surface area contributed by atoms with Gasteiger partial charge in [0.25, 0.3) is 0 Å². The Hall–Kier alpha value is -1.71. The minimum atomic E-state index is -0.332. The summed E-state index contributed by atoms with van der Waals surface area (Å²) < 4.78 is 5.06. The molecule has 0 bridgehead atoms. The van der Waals surface area contributed by atoms with Crippen LogP contribution >= 0.6 is 23.2 Å². The lowest BCUT2D eigenvalue weighted by Gasteiger charge is -2.06. The van der Waals surface area contributed by atoms with E-state index in [1.165, 1.54) is 12.3 Å². The van der Waals surface area contributed by atoms with E-state index in [2.05, 4.69) is 5.32 Å². The van der Waals surface area contributed by atoms with Crippen molar-refractivity contribution in [1.29, 1.82) is 0 Å². The fourth-order valence-corrected chi connectivity index (χ4v) is 1.82. The van der Waals surface area contributed by atoms with Gasteiger partial charge in [-0.25, -0.2) is 0 Å². The van der Waals surface area contributed by atoms with E-state index in [-0.39, 0.29) is 5.91 Å². The predicted octanol–water partition coefficient (Wildman–Crippen LogP) is 4.24. The second-order valence-corrected chi connectivity index (χ2v) is 4.25. The largest absolute Gasteiger partial charge is 0.465 e. The molecule has 1 aromatic carbocycles. The molecule has 18 heavy (non-hydrogen) atoms. The summed E-state index contributed by atoms with van der Waals surface area (Å²) in [7, 11) is 0. The minimum Gasteiger partial charge on any atom is -0.465 e. The molecule has 1 aromatic heterocycles. The summed E-state index contributed by atoms with van der Waals surface area (Å²) in [5, 5.41) is 3.39. The molecule has 2 aromatic rings. The fourth-order valence-electron chi connectivity index (χ4n) is 1.33. The Bertz CT molecular complexity index is 556. The van der Waals surface area contributed by atoms with Crippen LogP contribution in [0, 0.1) is 0 Å². The topological polar surface area (TPSA) is 42.2 Å². The van der Waals surface area contributed by atoms with Crippen LogP contribution in [0.3, 0.4) is 0 Å². The number of anilines is 1. The van der Waals surface area contributed by atoms with Gasteiger partial charge in [-0.15, -0.1) is 0 Å². The first kappa shape index (κ1) is 12.7. The molecule has 92 valence electrons. The molecule has 0 unspecified atom stereocenters. The zero-order chi connectivity index (χ0) is 13.0. The number of benzene rings is 1. The third-order valence-corrected chi connectivity index (χ3v) is 2.78. The summed E-state index contributed by atoms with van der Waals surface area (Å²) in [6.45, 7) is 0. The van der Waals surface area contributed by atoms with E-state index in [0.29, 0.717) is 21.5 Å². The monoisotopic (exact) mass is 281 g/mol. The van der Waals surface area contributed by atoms with Gasteiger partial charge >= 0.3 is 0 Å². The number of hydrogen-bond acceptors (Lipinski definition) is 2. The Kier molecular flexibility index (Phi) is 4.07. The number of nitrogens with one attached hydrogen (secondary N) is 1. The van der Waals surface area contributed by atoms with Crippen LogP contribution in [0.1, 0.15) is 5.76 Å². The molecular formula is C13H9Cl2NO2. The highest BCUT2D eigenvalue weighted by Crippen LogP contribution is 2.29. The normalized spacial score (nSPS) is 10.8. The first-order valence-electron chi connectivity index (χ1n) is 5.13. The number of para-hydroxylation sites is 1. The van der Waals surface area contributed by atoms with Crippen molar-refractivity contribution >= 4 is 40.9 Å². The van der Waals surface area contributed by atoms with Gasteiger partial charge in [0.15, 0.2) is 0 Å². The van der Waals surface area contributed by atoms with Gasteiger partial charge in [0.2, 0.25) is 5.91 Å². The molecule has 0 fully saturated rings. The van der Waals surface area contributed by atoms with E-state index in [0.717, 1.165) is 0 Å². The first-order chi connectivity index (χ1) is 8.66. The molecular weight excluding hydrogens is 273 g/mol. The summed E-state index contributed by atoms with van der Waals surface area (Å²) in [6.07, 6.45) is 4.43. The highest BCUT2D eigenvalue weighted by Gasteiger charge is 2.07. The predicted molar refractivity (Wildman–Crippen MR) is 72.8 cm³/mol. The molecule has 2 rings (SSSR count). The van der Waals surface area contributed by atoms with Crippen LogP contribution in [0.4, 0.5) is 5.69 Å². The van der Waals surface area contributed by atoms with Crippen LogP contribution in [0.25, 0.3) is 6.08 Å². The second kappa shape index (κ2) is 5.76. The molecule has 0 saturated carbocycles. The maximum atomic E-state index is 11.7. The SMILES string of the molecule is O=C(C=Cc1ccco1)Nc1c(Cl)cccc1Cl. The van der Waals surface area contributed by atoms with Crippen LogP contribution in [0.15, 0.2) is 47.1 Å². The average Bonchev–Trinajstić information content (AvgIpc) is 2.84. The summed E-state index contributed by atoms with van der Waals surface area (Å²) in [4.78, 5) is 11.7. The third-order valence-electron chi connectivity index (χ3n) is 2.15. The number of carbonyl (C=O) groups excluding carboxylic acids is 1. The minimum absolute atomic E-state index is 0.332. The van der Waals surface area contributed by atoms with Crippen molar-refractivity contribution in [1.82, 2.24) is 0 Å². The first-order valence-corrected chi connectivity index (χ1v) is 5.89. The Morgan fingerprint density at radius 2 is 1.89 bits per heavy atom. The molecule has 0 radical (unpaired) electrons. The lowest BCUT2D eigenvalue weighted by atomic mass is 10.3. The Morgan fingerprint density at radius 3 is 2.50 bits per heavy atom. The van der Waals surface area contributed by atoms with E-state index in [9.17, 15) is 4.79 Å². The standard InChI is InChI=1S/C13H9Cl2NO2/c14-10-4-1-5-11(15)13(10)16-12(17)7-6-9-3-2-8-18-9/h1-8H,(H,16,17). The molecule has 1 heterocycles. The maximum absolute atomic E-state index is 11.7. The Balaban J connectivity index is 2.08. The van der Waals surface area contributed by atoms with Crippen molar-refractivity contribution in [3.8, 4) is 0 Å². The van der Waals surface area contributed by atoms with Crippen molar-refractivity contribution in [2.45, 2.75) is 0 Å². The zero-order valence-corrected chi connectivity index (χ0v) is 10.7. The molecule has 0 aliphatic heterocycles. The number of rotatable bonds is 3. The second-order valence-electron chi connectivity index (χ2n) is 3.43. The maximum Gasteiger partial charge on any atom is 0.248 e. The van der Waals surface area contributed by atoms with Crippen LogP contribution < -0.4 is 5.32 Å². The van der Waals surface area contributed by atoms with Crippen molar-refractivity contribution in [3.05, 3.63) is 58.5 Å². The van der Waals surface area contributed by atoms with Gasteiger partial charge in [-0.2, -0.15) is 0 Å². The summed E-state index contributed by atoms with van der Waals surface area (Å²) in [6, 6.07) is 8.49. The average molecular weight is 282 g/mol. The lowest BCUT2D eigenvalue weighted by Crippen LogP contribution is -2.08. The highest BCUT2D eigenvalue weighted by atomic mass is 35.5. The fraction of sp³-hybridized carbons (Fsp3) is 0. The van der Waals surface area contributed by atoms with Crippen molar-refractivity contribution in [2.75, 3.05) is 5.32 Å². The quantitative estimate of drug-likeness (QED) is 0.855. The summed E-state index contributed by atoms with van der Waals surface area (Å²) in [5.41, 5.74) is 0.398. The number of halogens is 2. The van der Waals surface area contributed by atoms with Crippen molar-refractivity contribution in [2.24, 2.45) is 0 Å². The van der Waals surface area contributed by atoms with Crippen molar-refractivity contribution in [3.63, 3.8) is 0 Å². The van der Waals surface area contributed by atoms with Crippen LogP contribution in [-0.2, 0) is 4.79 Å². The van der Waals surface area contributed by atoms with Gasteiger partial charge in [0.05, 0.1) is 22.0 Å². The van der Waals surface area contributed by atoms with Gasteiger partial charge in [0, 0.05) is 6.08 Å². The molecule has 0 spiro atoms. The number of furan rings is 1. The van der Waals surface area contributed by atoms with E-state index < -0.39 is 0 Å². The summed E-state index contributed by atoms with van der Waals surface area (Å²) >= 11 is 11.9. The smallest absolute Gasteiger partial charge is 0.248 e. The van der Waals surface area contributed by atoms with Gasteiger partial charge in [-0.3, -0.25) is 4.79 Å². The van der Waals surface area contributed by atoms with E-state index in [4.69, 9.17) is 27.6 Å². The molecule has 0 saturated heterocycles. The number of hydrogen-bond donors (Lipinski definition) is 1. The molecule has 1 N–H and O–H groups in total. The molecule has 0 aliphatic carbocycles. The van der Waals surface area contributed by atoms with Gasteiger partial charge in [0.1, 0.15) is 5.76 Å². The van der Waals surface area contributed by atoms with Crippen LogP contribution in [0.2, 0.25) is 10.0 Å². The van der Waals surface area contributed by atoms with Gasteiger partial charge < -0.3 is 9.73 Å². The molecule has 0 aliphatic rings. The summed E-state index contributed by atoms with van der Waals surface area (Å²) in [5.74, 6) is 0.261. The lowest BCUT2D eigenvalue weighted by molar-refractivity contribution is -0.111. The molecule has 3 nitrogen and oxygen atoms in total. The Labute approximate surface area is 114 Å². The number of amides is 1. The van der Waals surface area contributed by atoms with Gasteiger partial charge in [-0.1, -0.05) is 29.3 Å². The zero-order valence-electron chi connectivity index (χ0n) is 9.19. The van der Waals surface area contributed by atoms with E-state index >= 15 is 0 Å². The highest BCUT2D eigenvalue weighted by molar-refractivity contribution is 6.39. The molecule has 5 heteroatoms. The van der Waals surface area contributed by atoms with Crippen molar-refractivity contribution < 1.29 is 9.21 Å². The third kappa shape index (κ3) is 3.15. The van der Waals surface area contributed by atoms with Crippen LogP contribution in [-0.4, -0.2) is 5.91 Å². The van der Waals surface area contributed by atoms with Gasteiger partial charge in [-0.05, 0) is 30.3 Å². The molecule has 0 atom stereocenters. The Morgan fingerprint density at radius 1 is 1.17 bits per heavy atom. The van der Waals surface area contributed by atoms with E-state index in [1.807, 2.05) is 0 Å². The van der Waals surface area contributed by atoms with E-state index in [1.54, 1.807) is 36.4 Å². The molecule has 1 amide bonds. The number of carbonyl (C=O) groups is 1.